The van der Waals surface area contributed by atoms with Crippen molar-refractivity contribution in [2.75, 3.05) is 6.54 Å². The van der Waals surface area contributed by atoms with Crippen LogP contribution in [0.2, 0.25) is 0 Å². The lowest BCUT2D eigenvalue weighted by atomic mass is 10.2. The summed E-state index contributed by atoms with van der Waals surface area (Å²) in [7, 11) is 0. The minimum Gasteiger partial charge on any atom is -0.332 e. The maximum absolute atomic E-state index is 13.2. The van der Waals surface area contributed by atoms with Gasteiger partial charge in [0.05, 0.1) is 5.56 Å². The zero-order valence-electron chi connectivity index (χ0n) is 9.33. The van der Waals surface area contributed by atoms with E-state index in [9.17, 15) is 9.18 Å². The lowest BCUT2D eigenvalue weighted by molar-refractivity contribution is 0.0761. The highest BCUT2D eigenvalue weighted by Crippen LogP contribution is 2.29. The molecule has 1 aromatic carbocycles. The van der Waals surface area contributed by atoms with E-state index in [2.05, 4.69) is 22.5 Å². The topological polar surface area (TPSA) is 20.3 Å². The van der Waals surface area contributed by atoms with E-state index in [0.29, 0.717) is 16.6 Å². The third-order valence-electron chi connectivity index (χ3n) is 2.73. The van der Waals surface area contributed by atoms with Crippen LogP contribution in [0.1, 0.15) is 23.2 Å². The van der Waals surface area contributed by atoms with E-state index in [-0.39, 0.29) is 11.9 Å². The van der Waals surface area contributed by atoms with Crippen molar-refractivity contribution in [2.45, 2.75) is 18.9 Å². The van der Waals surface area contributed by atoms with Crippen LogP contribution in [0.25, 0.3) is 0 Å². The third kappa shape index (κ3) is 2.75. The van der Waals surface area contributed by atoms with Crippen molar-refractivity contribution in [3.63, 3.8) is 0 Å². The number of carbonyl (C=O) groups is 1. The lowest BCUT2D eigenvalue weighted by Crippen LogP contribution is -2.33. The van der Waals surface area contributed by atoms with Gasteiger partial charge in [-0.25, -0.2) is 4.39 Å². The van der Waals surface area contributed by atoms with Gasteiger partial charge in [0.2, 0.25) is 0 Å². The van der Waals surface area contributed by atoms with Crippen molar-refractivity contribution >= 4 is 21.8 Å². The van der Waals surface area contributed by atoms with E-state index < -0.39 is 5.82 Å². The van der Waals surface area contributed by atoms with Crippen LogP contribution in [0, 0.1) is 5.82 Å². The van der Waals surface area contributed by atoms with Crippen LogP contribution in [-0.2, 0) is 0 Å². The van der Waals surface area contributed by atoms with E-state index in [1.807, 2.05) is 0 Å². The fraction of sp³-hybridized carbons (Fsp3) is 0.308. The molecule has 0 atom stereocenters. The Bertz CT molecular complexity index is 457. The molecule has 0 unspecified atom stereocenters. The number of carbonyl (C=O) groups excluding carboxylic acids is 1. The maximum Gasteiger partial charge on any atom is 0.255 e. The summed E-state index contributed by atoms with van der Waals surface area (Å²) in [5.74, 6) is -0.537. The molecular weight excluding hydrogens is 285 g/mol. The Balaban J connectivity index is 2.27. The van der Waals surface area contributed by atoms with Gasteiger partial charge in [0, 0.05) is 17.1 Å². The molecule has 0 saturated heterocycles. The van der Waals surface area contributed by atoms with Crippen LogP contribution in [0.5, 0.6) is 0 Å². The first-order valence-corrected chi connectivity index (χ1v) is 6.29. The molecule has 0 spiro atoms. The third-order valence-corrected chi connectivity index (χ3v) is 3.42. The second-order valence-corrected chi connectivity index (χ2v) is 4.96. The van der Waals surface area contributed by atoms with E-state index in [1.165, 1.54) is 12.1 Å². The van der Waals surface area contributed by atoms with Crippen molar-refractivity contribution in [3.8, 4) is 0 Å². The van der Waals surface area contributed by atoms with Gasteiger partial charge in [0.15, 0.2) is 0 Å². The summed E-state index contributed by atoms with van der Waals surface area (Å²) in [6.45, 7) is 4.15. The van der Waals surface area contributed by atoms with E-state index in [0.717, 1.165) is 12.8 Å². The highest BCUT2D eigenvalue weighted by Gasteiger charge is 2.32. The predicted molar refractivity (Wildman–Crippen MR) is 68.4 cm³/mol. The molecular formula is C13H13BrFNO. The molecule has 0 radical (unpaired) electrons. The molecule has 1 amide bonds. The second kappa shape index (κ2) is 5.00. The summed E-state index contributed by atoms with van der Waals surface area (Å²) < 4.78 is 13.8. The standard InChI is InChI=1S/C13H13BrFNO/c1-2-7-16(10-4-5-10)13(17)11-8-9(15)3-6-12(11)14/h2-3,6,8,10H,1,4-5,7H2. The van der Waals surface area contributed by atoms with Crippen molar-refractivity contribution in [1.29, 1.82) is 0 Å². The molecule has 90 valence electrons. The normalized spacial score (nSPS) is 14.5. The first-order chi connectivity index (χ1) is 8.13. The van der Waals surface area contributed by atoms with Gasteiger partial charge < -0.3 is 4.90 Å². The lowest BCUT2D eigenvalue weighted by Gasteiger charge is -2.21. The average Bonchev–Trinajstić information content (AvgIpc) is 3.12. The number of rotatable bonds is 4. The summed E-state index contributed by atoms with van der Waals surface area (Å²) in [6.07, 6.45) is 3.74. The number of nitrogens with zero attached hydrogens (tertiary/aromatic N) is 1. The molecule has 1 aliphatic carbocycles. The van der Waals surface area contributed by atoms with Gasteiger partial charge in [-0.1, -0.05) is 6.08 Å². The number of hydrogen-bond acceptors (Lipinski definition) is 1. The van der Waals surface area contributed by atoms with Gasteiger partial charge >= 0.3 is 0 Å². The van der Waals surface area contributed by atoms with Crippen LogP contribution >= 0.6 is 15.9 Å². The molecule has 1 fully saturated rings. The van der Waals surface area contributed by atoms with Crippen molar-refractivity contribution in [2.24, 2.45) is 0 Å². The van der Waals surface area contributed by atoms with Crippen LogP contribution < -0.4 is 0 Å². The second-order valence-electron chi connectivity index (χ2n) is 4.10. The summed E-state index contributed by atoms with van der Waals surface area (Å²) in [5, 5.41) is 0. The first-order valence-electron chi connectivity index (χ1n) is 5.50. The Labute approximate surface area is 108 Å². The molecule has 1 aromatic rings. The molecule has 0 aliphatic heterocycles. The average molecular weight is 298 g/mol. The predicted octanol–water partition coefficient (Wildman–Crippen LogP) is 3.38. The van der Waals surface area contributed by atoms with Gasteiger partial charge in [0.1, 0.15) is 5.82 Å². The largest absolute Gasteiger partial charge is 0.332 e. The summed E-state index contributed by atoms with van der Waals surface area (Å²) in [4.78, 5) is 14.0. The van der Waals surface area contributed by atoms with Crippen LogP contribution in [0.3, 0.4) is 0 Å². The number of halogens is 2. The summed E-state index contributed by atoms with van der Waals surface area (Å²) >= 11 is 3.28. The molecule has 4 heteroatoms. The Hall–Kier alpha value is -1.16. The molecule has 0 aromatic heterocycles. The van der Waals surface area contributed by atoms with Crippen molar-refractivity contribution in [3.05, 3.63) is 46.7 Å². The minimum atomic E-state index is -0.397. The molecule has 1 saturated carbocycles. The molecule has 0 N–H and O–H groups in total. The van der Waals surface area contributed by atoms with Gasteiger partial charge in [-0.15, -0.1) is 6.58 Å². The van der Waals surface area contributed by atoms with Gasteiger partial charge in [-0.05, 0) is 47.0 Å². The zero-order valence-corrected chi connectivity index (χ0v) is 10.9. The highest BCUT2D eigenvalue weighted by atomic mass is 79.9. The molecule has 2 nitrogen and oxygen atoms in total. The Kier molecular flexibility index (Phi) is 3.62. The fourth-order valence-corrected chi connectivity index (χ4v) is 2.16. The van der Waals surface area contributed by atoms with E-state index in [4.69, 9.17) is 0 Å². The smallest absolute Gasteiger partial charge is 0.255 e. The van der Waals surface area contributed by atoms with Gasteiger partial charge in [-0.3, -0.25) is 4.79 Å². The first kappa shape index (κ1) is 12.3. The Morgan fingerprint density at radius 1 is 1.59 bits per heavy atom. The van der Waals surface area contributed by atoms with Gasteiger partial charge in [-0.2, -0.15) is 0 Å². The van der Waals surface area contributed by atoms with Crippen LogP contribution in [-0.4, -0.2) is 23.4 Å². The van der Waals surface area contributed by atoms with Gasteiger partial charge in [0.25, 0.3) is 5.91 Å². The molecule has 17 heavy (non-hydrogen) atoms. The van der Waals surface area contributed by atoms with Crippen LogP contribution in [0.4, 0.5) is 4.39 Å². The van der Waals surface area contributed by atoms with E-state index >= 15 is 0 Å². The number of benzene rings is 1. The highest BCUT2D eigenvalue weighted by molar-refractivity contribution is 9.10. The molecule has 1 aliphatic rings. The number of amides is 1. The fourth-order valence-electron chi connectivity index (χ4n) is 1.74. The minimum absolute atomic E-state index is 0.140. The SMILES string of the molecule is C=CCN(C(=O)c1cc(F)ccc1Br)C1CC1. The number of hydrogen-bond donors (Lipinski definition) is 0. The zero-order chi connectivity index (χ0) is 12.4. The molecule has 0 heterocycles. The van der Waals surface area contributed by atoms with Crippen molar-refractivity contribution in [1.82, 2.24) is 4.90 Å². The monoisotopic (exact) mass is 297 g/mol. The molecule has 0 bridgehead atoms. The quantitative estimate of drug-likeness (QED) is 0.780. The Morgan fingerprint density at radius 2 is 2.29 bits per heavy atom. The maximum atomic E-state index is 13.2. The van der Waals surface area contributed by atoms with Crippen LogP contribution in [0.15, 0.2) is 35.3 Å². The van der Waals surface area contributed by atoms with E-state index in [1.54, 1.807) is 17.0 Å². The Morgan fingerprint density at radius 3 is 2.88 bits per heavy atom. The van der Waals surface area contributed by atoms with Crippen molar-refractivity contribution < 1.29 is 9.18 Å². The summed E-state index contributed by atoms with van der Waals surface area (Å²) in [5.41, 5.74) is 0.374. The summed E-state index contributed by atoms with van der Waals surface area (Å²) in [6, 6.07) is 4.44. The molecule has 2 rings (SSSR count).